The number of ether oxygens (including phenoxy) is 6. The predicted octanol–water partition coefficient (Wildman–Crippen LogP) is 9.97. The Labute approximate surface area is 500 Å². The molecule has 0 radical (unpaired) electrons. The number of nitrogens with zero attached hydrogens (tertiary/aromatic N) is 3. The van der Waals surface area contributed by atoms with E-state index in [2.05, 4.69) is 30.7 Å². The van der Waals surface area contributed by atoms with Crippen LogP contribution in [0, 0.1) is 12.8 Å². The van der Waals surface area contributed by atoms with E-state index < -0.39 is 111 Å². The molecular weight excluding hydrogens is 1130 g/mol. The van der Waals surface area contributed by atoms with Gasteiger partial charge in [0.25, 0.3) is 5.56 Å². The Morgan fingerprint density at radius 1 is 0.674 bits per heavy atom. The maximum absolute atomic E-state index is 15.5. The third kappa shape index (κ3) is 12.7. The minimum Gasteiger partial charge on any atom is -0.858 e. The molecule has 86 heavy (non-hydrogen) atoms. The van der Waals surface area contributed by atoms with E-state index in [1.54, 1.807) is 21.1 Å². The van der Waals surface area contributed by atoms with Crippen molar-refractivity contribution in [1.29, 1.82) is 0 Å². The largest absolute Gasteiger partial charge is 0.858 e. The molecule has 2 fully saturated rings. The molecule has 8 aromatic rings. The zero-order valence-corrected chi connectivity index (χ0v) is 51.2. The zero-order chi connectivity index (χ0) is 61.0. The lowest BCUT2D eigenvalue weighted by molar-refractivity contribution is -0.275. The summed E-state index contributed by atoms with van der Waals surface area (Å²) in [5.41, 5.74) is -0.133. The van der Waals surface area contributed by atoms with E-state index in [1.807, 2.05) is 183 Å². The van der Waals surface area contributed by atoms with Crippen LogP contribution < -0.4 is 31.5 Å². The summed E-state index contributed by atoms with van der Waals surface area (Å²) in [6.45, 7) is 11.0. The van der Waals surface area contributed by atoms with Crippen molar-refractivity contribution in [2.45, 2.75) is 100 Å². The van der Waals surface area contributed by atoms with Gasteiger partial charge in [0, 0.05) is 30.3 Å². The van der Waals surface area contributed by atoms with Gasteiger partial charge in [-0.25, -0.2) is 14.6 Å². The molecule has 2 aliphatic rings. The van der Waals surface area contributed by atoms with Gasteiger partial charge in [0.2, 0.25) is 0 Å². The highest BCUT2D eigenvalue weighted by Crippen LogP contribution is 2.54. The lowest BCUT2D eigenvalue weighted by Gasteiger charge is -2.41. The third-order valence-corrected chi connectivity index (χ3v) is 22.7. The fraction of sp³-hybridized carbons (Fsp3) is 0.333. The van der Waals surface area contributed by atoms with Crippen LogP contribution in [0.25, 0.3) is 0 Å². The first-order chi connectivity index (χ1) is 41.2. The highest BCUT2D eigenvalue weighted by Gasteiger charge is 2.55. The minimum atomic E-state index is -4.87. The second-order valence-corrected chi connectivity index (χ2v) is 29.9. The minimum absolute atomic E-state index is 0.0242. The van der Waals surface area contributed by atoms with Crippen molar-refractivity contribution in [1.82, 2.24) is 19.1 Å². The molecule has 0 bridgehead atoms. The summed E-state index contributed by atoms with van der Waals surface area (Å²) in [7, 11) is -4.59. The fourth-order valence-corrected chi connectivity index (χ4v) is 14.1. The molecule has 20 heteroatoms. The van der Waals surface area contributed by atoms with Gasteiger partial charge in [-0.1, -0.05) is 166 Å². The molecule has 0 amide bonds. The third-order valence-electron chi connectivity index (χ3n) is 16.8. The molecule has 6 aromatic carbocycles. The summed E-state index contributed by atoms with van der Waals surface area (Å²) in [5.74, 6) is -0.559. The number of H-pyrrole nitrogens is 1. The molecule has 2 N–H and O–H groups in total. The summed E-state index contributed by atoms with van der Waals surface area (Å²) >= 11 is 0. The molecule has 0 aliphatic carbocycles. The number of nitrogens with one attached hydrogen (secondary N) is 1. The lowest BCUT2D eigenvalue weighted by Crippen LogP contribution is -2.49. The number of benzene rings is 6. The SMILES string of the molecule is COc1ccc(C(OC[C@H]2O[C@@H](n3ccc([O-])nc3=O)[C@H](O[Si](C)(C)C(C)(C)C)[C@@H]2CP(=O)(O)OC[C@H]2O[C@@H](n3cc(C)c(=O)[nH]c3=O)C[C@@H]2OC(c2ccccc2)(c2ccccc2)c2ccc(OC)cc2)(c2ccccc2)c2ccccc2)cc1. The normalized spacial score (nSPS) is 20.8. The topological polar surface area (TPSA) is 224 Å². The number of hydrogen-bond acceptors (Lipinski definition) is 14. The lowest BCUT2D eigenvalue weighted by atomic mass is 9.79. The molecule has 450 valence electrons. The van der Waals surface area contributed by atoms with Crippen LogP contribution in [0.4, 0.5) is 0 Å². The number of rotatable bonds is 22. The Bertz CT molecular complexity index is 3730. The van der Waals surface area contributed by atoms with Gasteiger partial charge in [0.05, 0.1) is 51.9 Å². The van der Waals surface area contributed by atoms with E-state index in [-0.39, 0.29) is 18.6 Å². The average Bonchev–Trinajstić information content (AvgIpc) is 1.27. The van der Waals surface area contributed by atoms with E-state index in [9.17, 15) is 24.4 Å². The Kier molecular flexibility index (Phi) is 18.2. The van der Waals surface area contributed by atoms with Crippen LogP contribution >= 0.6 is 7.60 Å². The molecule has 10 rings (SSSR count). The van der Waals surface area contributed by atoms with Gasteiger partial charge in [-0.15, -0.1) is 0 Å². The molecule has 8 atom stereocenters. The van der Waals surface area contributed by atoms with E-state index in [4.69, 9.17) is 37.4 Å². The van der Waals surface area contributed by atoms with Crippen molar-refractivity contribution in [3.05, 3.63) is 259 Å². The van der Waals surface area contributed by atoms with Gasteiger partial charge in [-0.3, -0.25) is 23.5 Å². The Morgan fingerprint density at radius 3 is 1.65 bits per heavy atom. The second-order valence-electron chi connectivity index (χ2n) is 23.2. The summed E-state index contributed by atoms with van der Waals surface area (Å²) in [6, 6.07) is 54.8. The van der Waals surface area contributed by atoms with Gasteiger partial charge in [0.1, 0.15) is 35.0 Å². The molecule has 2 aromatic heterocycles. The van der Waals surface area contributed by atoms with Crippen LogP contribution in [0.1, 0.15) is 78.6 Å². The first-order valence-corrected chi connectivity index (χ1v) is 33.2. The van der Waals surface area contributed by atoms with E-state index in [0.717, 1.165) is 39.4 Å². The Balaban J connectivity index is 1.06. The standard InChI is InChI=1S/C66H73N4O14PSi/c1-44-40-70(63(74)68-60(44)72)58-39-54(83-66(47-25-17-11-18-26-47,48-27-19-12-20-28-48)50-31-35-52(78-6)36-32-50)56(81-58)42-80-85(75,76)43-53-55(82-61(69-38-37-57(71)67-62(69)73)59(53)84-86(7,8)64(2,3)4)41-79-65(45-21-13-9-14-22-45,46-23-15-10-16-24-46)49-29-33-51(77-5)34-30-49/h9-38,40,53-56,58-59,61H,39,41-43H2,1-8H3,(H,75,76)(H,67,71,73)(H,68,72,74)/p-1/t53-,54+,55-,56-,58-,59-,61-/m1/s1. The van der Waals surface area contributed by atoms with Gasteiger partial charge >= 0.3 is 19.0 Å². The van der Waals surface area contributed by atoms with Gasteiger partial charge in [-0.05, 0) is 94.6 Å². The molecule has 4 heterocycles. The van der Waals surface area contributed by atoms with E-state index in [1.165, 1.54) is 21.5 Å². The Hall–Kier alpha value is -7.55. The van der Waals surface area contributed by atoms with Crippen LogP contribution in [-0.2, 0) is 43.7 Å². The van der Waals surface area contributed by atoms with Gasteiger partial charge in [0.15, 0.2) is 14.5 Å². The highest BCUT2D eigenvalue weighted by molar-refractivity contribution is 7.52. The average molecular weight is 1200 g/mol. The summed E-state index contributed by atoms with van der Waals surface area (Å²) in [6.07, 6.45) is -4.48. The van der Waals surface area contributed by atoms with Crippen molar-refractivity contribution in [2.24, 2.45) is 5.92 Å². The quantitative estimate of drug-likeness (QED) is 0.0366. The van der Waals surface area contributed by atoms with Crippen molar-refractivity contribution in [3.63, 3.8) is 0 Å². The van der Waals surface area contributed by atoms with Crippen LogP contribution in [0.15, 0.2) is 203 Å². The fourth-order valence-electron chi connectivity index (χ4n) is 11.3. The first-order valence-electron chi connectivity index (χ1n) is 28.5. The molecule has 1 unspecified atom stereocenters. The predicted molar refractivity (Wildman–Crippen MR) is 325 cm³/mol. The van der Waals surface area contributed by atoms with Gasteiger partial charge in [-0.2, -0.15) is 0 Å². The van der Waals surface area contributed by atoms with E-state index >= 15 is 4.57 Å². The maximum Gasteiger partial charge on any atom is 0.349 e. The van der Waals surface area contributed by atoms with Gasteiger partial charge < -0.3 is 47.4 Å². The van der Waals surface area contributed by atoms with Crippen molar-refractivity contribution in [3.8, 4) is 17.4 Å². The molecular formula is C66H72N4O14PSi-. The number of aryl methyl sites for hydroxylation is 1. The van der Waals surface area contributed by atoms with Crippen LogP contribution in [-0.4, -0.2) is 90.3 Å². The zero-order valence-electron chi connectivity index (χ0n) is 49.3. The molecule has 2 aliphatic heterocycles. The van der Waals surface area contributed by atoms with Crippen LogP contribution in [0.5, 0.6) is 17.4 Å². The monoisotopic (exact) mass is 1200 g/mol. The van der Waals surface area contributed by atoms with Crippen molar-refractivity contribution in [2.75, 3.05) is 33.6 Å². The summed E-state index contributed by atoms with van der Waals surface area (Å²) in [5, 5.41) is 12.2. The molecule has 0 spiro atoms. The summed E-state index contributed by atoms with van der Waals surface area (Å²) < 4.78 is 71.5. The molecule has 2 saturated heterocycles. The molecule has 18 nitrogen and oxygen atoms in total. The second kappa shape index (κ2) is 25.4. The smallest absolute Gasteiger partial charge is 0.349 e. The van der Waals surface area contributed by atoms with E-state index in [0.29, 0.717) is 11.5 Å². The van der Waals surface area contributed by atoms with Crippen molar-refractivity contribution < 1.29 is 51.9 Å². The number of aromatic amines is 1. The van der Waals surface area contributed by atoms with Crippen LogP contribution in [0.3, 0.4) is 0 Å². The number of methoxy groups -OCH3 is 2. The van der Waals surface area contributed by atoms with Crippen molar-refractivity contribution >= 4 is 15.9 Å². The first kappa shape index (κ1) is 61.5. The summed E-state index contributed by atoms with van der Waals surface area (Å²) in [4.78, 5) is 59.1. The maximum atomic E-state index is 15.5. The highest BCUT2D eigenvalue weighted by atomic mass is 31.2. The molecule has 0 saturated carbocycles. The number of aromatic nitrogens is 4. The van der Waals surface area contributed by atoms with Crippen LogP contribution in [0.2, 0.25) is 18.1 Å². The number of hydrogen-bond donors (Lipinski definition) is 2. The Morgan fingerprint density at radius 2 is 1.16 bits per heavy atom.